The lowest BCUT2D eigenvalue weighted by Gasteiger charge is -2.38. The fourth-order valence-corrected chi connectivity index (χ4v) is 6.72. The van der Waals surface area contributed by atoms with Crippen LogP contribution in [0.5, 0.6) is 0 Å². The number of carbonyl (C=O) groups is 1. The van der Waals surface area contributed by atoms with Crippen molar-refractivity contribution in [2.24, 2.45) is 5.41 Å². The summed E-state index contributed by atoms with van der Waals surface area (Å²) in [6.07, 6.45) is -4.43. The minimum atomic E-state index is -4.15. The minimum Gasteiger partial charge on any atom is -0.478 e. The van der Waals surface area contributed by atoms with E-state index in [1.54, 1.807) is 6.07 Å². The van der Waals surface area contributed by atoms with Gasteiger partial charge in [0.2, 0.25) is 0 Å². The van der Waals surface area contributed by atoms with Crippen molar-refractivity contribution in [3.8, 4) is 11.1 Å². The molecular formula is C31H33ClF5N5O2. The Morgan fingerprint density at radius 3 is 2.34 bits per heavy atom. The summed E-state index contributed by atoms with van der Waals surface area (Å²) in [6, 6.07) is 13.1. The zero-order chi connectivity index (χ0) is 31.2. The summed E-state index contributed by atoms with van der Waals surface area (Å²) < 4.78 is 69.2. The van der Waals surface area contributed by atoms with Gasteiger partial charge in [-0.1, -0.05) is 29.8 Å². The quantitative estimate of drug-likeness (QED) is 0.265. The van der Waals surface area contributed by atoms with E-state index in [2.05, 4.69) is 14.9 Å². The number of nitrogens with zero attached hydrogens (tertiary/aromatic N) is 5. The van der Waals surface area contributed by atoms with E-state index in [9.17, 15) is 31.9 Å². The zero-order valence-corrected chi connectivity index (χ0v) is 24.7. The van der Waals surface area contributed by atoms with Crippen molar-refractivity contribution in [2.75, 3.05) is 55.6 Å². The largest absolute Gasteiger partial charge is 0.478 e. The molecule has 6 rings (SSSR count). The van der Waals surface area contributed by atoms with Crippen LogP contribution in [0.3, 0.4) is 0 Å². The molecule has 1 N–H and O–H groups in total. The van der Waals surface area contributed by atoms with Gasteiger partial charge in [0.25, 0.3) is 6.43 Å². The summed E-state index contributed by atoms with van der Waals surface area (Å²) in [4.78, 5) is 17.7. The molecule has 1 atom stereocenters. The summed E-state index contributed by atoms with van der Waals surface area (Å²) in [5.41, 5.74) is 1.08. The lowest BCUT2D eigenvalue weighted by atomic mass is 9.99. The van der Waals surface area contributed by atoms with E-state index in [1.807, 2.05) is 41.3 Å². The molecule has 3 fully saturated rings. The van der Waals surface area contributed by atoms with Crippen LogP contribution < -0.4 is 9.80 Å². The number of piperidine rings is 1. The van der Waals surface area contributed by atoms with Gasteiger partial charge < -0.3 is 14.9 Å². The van der Waals surface area contributed by atoms with Crippen molar-refractivity contribution < 1.29 is 31.9 Å². The average Bonchev–Trinajstić information content (AvgIpc) is 3.65. The van der Waals surface area contributed by atoms with E-state index >= 15 is 0 Å². The van der Waals surface area contributed by atoms with Crippen LogP contribution >= 0.6 is 11.6 Å². The van der Waals surface area contributed by atoms with E-state index < -0.39 is 41.3 Å². The molecule has 0 bridgehead atoms. The predicted octanol–water partition coefficient (Wildman–Crippen LogP) is 7.15. The van der Waals surface area contributed by atoms with Crippen molar-refractivity contribution >= 4 is 28.9 Å². The molecule has 0 amide bonds. The Morgan fingerprint density at radius 2 is 1.73 bits per heavy atom. The highest BCUT2D eigenvalue weighted by Gasteiger charge is 2.63. The van der Waals surface area contributed by atoms with Crippen LogP contribution in [0, 0.1) is 5.41 Å². The van der Waals surface area contributed by atoms with Gasteiger partial charge in [0.1, 0.15) is 11.3 Å². The third-order valence-electron chi connectivity index (χ3n) is 9.21. The molecule has 1 unspecified atom stereocenters. The maximum Gasteiger partial charge on any atom is 0.395 e. The molecule has 13 heteroatoms. The van der Waals surface area contributed by atoms with Crippen LogP contribution in [0.2, 0.25) is 5.02 Å². The SMILES string of the molecule is O=C(O)c1cnn(C2CCCN(c3cc(Cl)ccc3-c3ccc(N4CCN(CC5(C(F)(F)F)CC5)CC4)cc3)C2)c1C(F)F. The minimum absolute atomic E-state index is 0.0740. The molecule has 2 aliphatic heterocycles. The Labute approximate surface area is 256 Å². The highest BCUT2D eigenvalue weighted by molar-refractivity contribution is 6.31. The van der Waals surface area contributed by atoms with E-state index in [0.29, 0.717) is 57.1 Å². The Hall–Kier alpha value is -3.38. The first-order valence-electron chi connectivity index (χ1n) is 14.7. The lowest BCUT2D eigenvalue weighted by Crippen LogP contribution is -2.49. The summed E-state index contributed by atoms with van der Waals surface area (Å²) in [6.45, 7) is 3.54. The number of alkyl halides is 5. The van der Waals surface area contributed by atoms with E-state index in [0.717, 1.165) is 33.4 Å². The van der Waals surface area contributed by atoms with Crippen LogP contribution in [0.4, 0.5) is 33.3 Å². The molecule has 7 nitrogen and oxygen atoms in total. The second-order valence-electron chi connectivity index (χ2n) is 12.0. The predicted molar refractivity (Wildman–Crippen MR) is 158 cm³/mol. The van der Waals surface area contributed by atoms with E-state index in [4.69, 9.17) is 11.6 Å². The molecule has 3 aromatic rings. The normalized spacial score (nSPS) is 20.8. The number of hydrogen-bond donors (Lipinski definition) is 1. The number of aromatic carboxylic acids is 1. The Kier molecular flexibility index (Phi) is 8.25. The summed E-state index contributed by atoms with van der Waals surface area (Å²) >= 11 is 6.41. The third-order valence-corrected chi connectivity index (χ3v) is 9.45. The smallest absolute Gasteiger partial charge is 0.395 e. The first-order chi connectivity index (χ1) is 21.0. The molecule has 3 aliphatic rings. The van der Waals surface area contributed by atoms with Crippen LogP contribution in [0.15, 0.2) is 48.7 Å². The van der Waals surface area contributed by atoms with Crippen LogP contribution in [0.25, 0.3) is 11.1 Å². The molecule has 3 heterocycles. The lowest BCUT2D eigenvalue weighted by molar-refractivity contribution is -0.192. The third kappa shape index (κ3) is 5.98. The first kappa shape index (κ1) is 30.6. The number of anilines is 2. The molecule has 236 valence electrons. The first-order valence-corrected chi connectivity index (χ1v) is 15.1. The standard InChI is InChI=1S/C31H33ClF5N5O2/c32-21-5-8-24(26(16-21)41-11-1-2-23(18-41)42-27(28(33)34)25(17-38-42)29(43)44)20-3-6-22(7-4-20)40-14-12-39(13-15-40)19-30(9-10-30)31(35,36)37/h3-8,16-17,23,28H,1-2,9-15,18-19H2,(H,43,44). The van der Waals surface area contributed by atoms with E-state index in [-0.39, 0.29) is 19.4 Å². The highest BCUT2D eigenvalue weighted by atomic mass is 35.5. The van der Waals surface area contributed by atoms with Gasteiger partial charge in [-0.2, -0.15) is 18.3 Å². The van der Waals surface area contributed by atoms with Crippen molar-refractivity contribution in [2.45, 2.75) is 44.3 Å². The fourth-order valence-electron chi connectivity index (χ4n) is 6.55. The van der Waals surface area contributed by atoms with Gasteiger partial charge in [-0.3, -0.25) is 9.58 Å². The Morgan fingerprint density at radius 1 is 1.02 bits per heavy atom. The monoisotopic (exact) mass is 637 g/mol. The molecule has 0 radical (unpaired) electrons. The summed E-state index contributed by atoms with van der Waals surface area (Å²) in [5.74, 6) is -1.44. The number of halogens is 6. The topological polar surface area (TPSA) is 64.8 Å². The van der Waals surface area contributed by atoms with Crippen LogP contribution in [-0.4, -0.2) is 77.7 Å². The Bertz CT molecular complexity index is 1500. The summed E-state index contributed by atoms with van der Waals surface area (Å²) in [7, 11) is 0. The second kappa shape index (κ2) is 11.8. The van der Waals surface area contributed by atoms with Gasteiger partial charge >= 0.3 is 12.1 Å². The van der Waals surface area contributed by atoms with Crippen molar-refractivity contribution in [3.63, 3.8) is 0 Å². The molecular weight excluding hydrogens is 605 g/mol. The number of piperazine rings is 1. The highest BCUT2D eigenvalue weighted by Crippen LogP contribution is 2.58. The number of benzene rings is 2. The molecule has 2 aromatic carbocycles. The maximum atomic E-state index is 13.9. The van der Waals surface area contributed by atoms with Gasteiger partial charge in [0, 0.05) is 67.8 Å². The zero-order valence-electron chi connectivity index (χ0n) is 23.9. The number of rotatable bonds is 8. The van der Waals surface area contributed by atoms with Crippen molar-refractivity contribution in [1.82, 2.24) is 14.7 Å². The molecule has 1 aromatic heterocycles. The molecule has 1 saturated carbocycles. The number of carboxylic acid groups (broad SMARTS) is 1. The average molecular weight is 638 g/mol. The summed E-state index contributed by atoms with van der Waals surface area (Å²) in [5, 5.41) is 13.9. The molecule has 2 saturated heterocycles. The van der Waals surface area contributed by atoms with Crippen molar-refractivity contribution in [1.29, 1.82) is 0 Å². The van der Waals surface area contributed by atoms with Gasteiger partial charge in [-0.15, -0.1) is 0 Å². The van der Waals surface area contributed by atoms with Gasteiger partial charge in [-0.25, -0.2) is 13.6 Å². The molecule has 1 aliphatic carbocycles. The fraction of sp³-hybridized carbons (Fsp3) is 0.484. The number of carboxylic acids is 1. The second-order valence-corrected chi connectivity index (χ2v) is 12.4. The molecule has 44 heavy (non-hydrogen) atoms. The number of aromatic nitrogens is 2. The maximum absolute atomic E-state index is 13.9. The molecule has 0 spiro atoms. The van der Waals surface area contributed by atoms with Gasteiger partial charge in [0.15, 0.2) is 0 Å². The number of hydrogen-bond acceptors (Lipinski definition) is 5. The van der Waals surface area contributed by atoms with Crippen LogP contribution in [-0.2, 0) is 0 Å². The van der Waals surface area contributed by atoms with Crippen molar-refractivity contribution in [3.05, 3.63) is 64.9 Å². The van der Waals surface area contributed by atoms with Gasteiger partial charge in [-0.05, 0) is 55.5 Å². The van der Waals surface area contributed by atoms with E-state index in [1.165, 1.54) is 0 Å². The Balaban J connectivity index is 1.17. The van der Waals surface area contributed by atoms with Gasteiger partial charge in [0.05, 0.1) is 17.7 Å². The van der Waals surface area contributed by atoms with Crippen LogP contribution in [0.1, 0.15) is 54.2 Å².